The Bertz CT molecular complexity index is 624. The van der Waals surface area contributed by atoms with Gasteiger partial charge in [-0.3, -0.25) is 0 Å². The lowest BCUT2D eigenvalue weighted by Crippen LogP contribution is -2.01. The van der Waals surface area contributed by atoms with E-state index >= 15 is 0 Å². The highest BCUT2D eigenvalue weighted by molar-refractivity contribution is 9.10. The molecule has 0 fully saturated rings. The minimum atomic E-state index is -0.356. The highest BCUT2D eigenvalue weighted by atomic mass is 79.9. The Morgan fingerprint density at radius 2 is 2.00 bits per heavy atom. The van der Waals surface area contributed by atoms with Crippen LogP contribution < -0.4 is 0 Å². The summed E-state index contributed by atoms with van der Waals surface area (Å²) < 4.78 is 16.5. The van der Waals surface area contributed by atoms with Crippen LogP contribution in [-0.4, -0.2) is 9.78 Å². The van der Waals surface area contributed by atoms with Gasteiger partial charge in [-0.15, -0.1) is 0 Å². The number of hydrogen-bond donors (Lipinski definition) is 0. The molecular weight excluding hydrogens is 331 g/mol. The number of aromatic nitrogens is 2. The molecule has 0 amide bonds. The fourth-order valence-corrected chi connectivity index (χ4v) is 3.36. The van der Waals surface area contributed by atoms with Crippen molar-refractivity contribution in [2.24, 2.45) is 0 Å². The van der Waals surface area contributed by atoms with Gasteiger partial charge in [-0.2, -0.15) is 5.10 Å². The summed E-state index contributed by atoms with van der Waals surface area (Å²) in [4.78, 5) is 0. The summed E-state index contributed by atoms with van der Waals surface area (Å²) in [6.07, 6.45) is 5.53. The molecule has 1 aromatic heterocycles. The van der Waals surface area contributed by atoms with Crippen LogP contribution in [-0.2, 0) is 12.8 Å². The average Bonchev–Trinajstić information content (AvgIpc) is 2.57. The Morgan fingerprint density at radius 1 is 1.21 bits per heavy atom. The smallest absolute Gasteiger partial charge is 0.150 e. The molecular formula is C14H13BrClFN2. The molecule has 19 heavy (non-hydrogen) atoms. The summed E-state index contributed by atoms with van der Waals surface area (Å²) in [6, 6.07) is 4.66. The molecule has 5 heteroatoms. The summed E-state index contributed by atoms with van der Waals surface area (Å²) in [7, 11) is 0. The minimum Gasteiger partial charge on any atom is -0.223 e. The van der Waals surface area contributed by atoms with Gasteiger partial charge in [0.25, 0.3) is 0 Å². The number of benzene rings is 1. The fraction of sp³-hybridized carbons (Fsp3) is 0.357. The quantitative estimate of drug-likeness (QED) is 0.687. The summed E-state index contributed by atoms with van der Waals surface area (Å²) >= 11 is 9.35. The third-order valence-corrected chi connectivity index (χ3v) is 4.53. The standard InChI is InChI=1S/C14H13BrClFN2/c15-14-10-4-2-1-3-5-12(10)18-19(14)13-7-6-9(16)8-11(13)17/h6-8H,1-5H2. The van der Waals surface area contributed by atoms with Crippen molar-refractivity contribution in [1.29, 1.82) is 0 Å². The van der Waals surface area contributed by atoms with Crippen molar-refractivity contribution in [3.63, 3.8) is 0 Å². The van der Waals surface area contributed by atoms with Crippen molar-refractivity contribution in [2.45, 2.75) is 32.1 Å². The summed E-state index contributed by atoms with van der Waals surface area (Å²) in [5, 5.41) is 4.95. The van der Waals surface area contributed by atoms with Crippen molar-refractivity contribution in [3.05, 3.63) is 44.9 Å². The predicted molar refractivity (Wildman–Crippen MR) is 77.5 cm³/mol. The molecule has 0 bridgehead atoms. The molecule has 1 aromatic carbocycles. The minimum absolute atomic E-state index is 0.356. The first-order chi connectivity index (χ1) is 9.16. The van der Waals surface area contributed by atoms with Crippen molar-refractivity contribution in [2.75, 3.05) is 0 Å². The normalized spacial score (nSPS) is 15.1. The lowest BCUT2D eigenvalue weighted by molar-refractivity contribution is 0.606. The Kier molecular flexibility index (Phi) is 3.63. The van der Waals surface area contributed by atoms with E-state index in [0.29, 0.717) is 10.7 Å². The van der Waals surface area contributed by atoms with E-state index in [1.165, 1.54) is 24.5 Å². The van der Waals surface area contributed by atoms with Crippen molar-refractivity contribution >= 4 is 27.5 Å². The summed E-state index contributed by atoms with van der Waals surface area (Å²) in [6.45, 7) is 0. The van der Waals surface area contributed by atoms with Gasteiger partial charge >= 0.3 is 0 Å². The van der Waals surface area contributed by atoms with E-state index in [9.17, 15) is 4.39 Å². The second-order valence-corrected chi connectivity index (χ2v) is 5.97. The van der Waals surface area contributed by atoms with Gasteiger partial charge in [0, 0.05) is 10.6 Å². The number of hydrogen-bond acceptors (Lipinski definition) is 1. The zero-order valence-electron chi connectivity index (χ0n) is 10.3. The lowest BCUT2D eigenvalue weighted by Gasteiger charge is -2.06. The molecule has 1 aliphatic rings. The number of aryl methyl sites for hydroxylation is 1. The second-order valence-electron chi connectivity index (χ2n) is 4.78. The van der Waals surface area contributed by atoms with Crippen LogP contribution in [0.1, 0.15) is 30.5 Å². The number of fused-ring (bicyclic) bond motifs is 1. The van der Waals surface area contributed by atoms with Gasteiger partial charge in [-0.1, -0.05) is 18.0 Å². The Balaban J connectivity index is 2.11. The van der Waals surface area contributed by atoms with Crippen LogP contribution in [0, 0.1) is 5.82 Å². The Labute approximate surface area is 124 Å². The maximum absolute atomic E-state index is 14.0. The van der Waals surface area contributed by atoms with Gasteiger partial charge in [-0.25, -0.2) is 9.07 Å². The zero-order chi connectivity index (χ0) is 13.4. The molecule has 2 nitrogen and oxygen atoms in total. The first-order valence-electron chi connectivity index (χ1n) is 6.38. The van der Waals surface area contributed by atoms with Crippen LogP contribution in [0.4, 0.5) is 4.39 Å². The second kappa shape index (κ2) is 5.25. The third-order valence-electron chi connectivity index (χ3n) is 3.48. The van der Waals surface area contributed by atoms with Crippen molar-refractivity contribution < 1.29 is 4.39 Å². The lowest BCUT2D eigenvalue weighted by atomic mass is 10.1. The average molecular weight is 344 g/mol. The van der Waals surface area contributed by atoms with Gasteiger partial charge in [0.2, 0.25) is 0 Å². The maximum atomic E-state index is 14.0. The molecule has 0 spiro atoms. The zero-order valence-corrected chi connectivity index (χ0v) is 12.6. The van der Waals surface area contributed by atoms with Crippen molar-refractivity contribution in [3.8, 4) is 5.69 Å². The SMILES string of the molecule is Fc1cc(Cl)ccc1-n1nc2c(c1Br)CCCCC2. The monoisotopic (exact) mass is 342 g/mol. The fourth-order valence-electron chi connectivity index (χ4n) is 2.50. The first kappa shape index (κ1) is 13.1. The molecule has 0 N–H and O–H groups in total. The van der Waals surface area contributed by atoms with Gasteiger partial charge in [0.15, 0.2) is 0 Å². The molecule has 0 radical (unpaired) electrons. The van der Waals surface area contributed by atoms with E-state index in [4.69, 9.17) is 11.6 Å². The molecule has 0 saturated heterocycles. The van der Waals surface area contributed by atoms with Gasteiger partial charge in [0.1, 0.15) is 16.1 Å². The van der Waals surface area contributed by atoms with Crippen LogP contribution in [0.5, 0.6) is 0 Å². The van der Waals surface area contributed by atoms with E-state index < -0.39 is 0 Å². The van der Waals surface area contributed by atoms with Gasteiger partial charge in [-0.05, 0) is 59.8 Å². The Morgan fingerprint density at radius 3 is 2.79 bits per heavy atom. The number of halogens is 3. The molecule has 0 atom stereocenters. The molecule has 0 aliphatic heterocycles. The van der Waals surface area contributed by atoms with Crippen LogP contribution in [0.15, 0.2) is 22.8 Å². The van der Waals surface area contributed by atoms with E-state index in [1.807, 2.05) is 0 Å². The van der Waals surface area contributed by atoms with Crippen molar-refractivity contribution in [1.82, 2.24) is 9.78 Å². The molecule has 0 saturated carbocycles. The molecule has 1 heterocycles. The highest BCUT2D eigenvalue weighted by Crippen LogP contribution is 2.30. The van der Waals surface area contributed by atoms with Crippen LogP contribution in [0.3, 0.4) is 0 Å². The topological polar surface area (TPSA) is 17.8 Å². The molecule has 0 unspecified atom stereocenters. The summed E-state index contributed by atoms with van der Waals surface area (Å²) in [5.41, 5.74) is 2.73. The van der Waals surface area contributed by atoms with E-state index in [0.717, 1.165) is 29.6 Å². The molecule has 1 aliphatic carbocycles. The summed E-state index contributed by atoms with van der Waals surface area (Å²) in [5.74, 6) is -0.356. The molecule has 100 valence electrons. The molecule has 3 rings (SSSR count). The van der Waals surface area contributed by atoms with E-state index in [2.05, 4.69) is 21.0 Å². The van der Waals surface area contributed by atoms with E-state index in [1.54, 1.807) is 16.8 Å². The predicted octanol–water partition coefficient (Wildman–Crippen LogP) is 4.70. The third kappa shape index (κ3) is 2.43. The highest BCUT2D eigenvalue weighted by Gasteiger charge is 2.20. The van der Waals surface area contributed by atoms with E-state index in [-0.39, 0.29) is 5.82 Å². The Hall–Kier alpha value is -0.870. The largest absolute Gasteiger partial charge is 0.223 e. The molecule has 2 aromatic rings. The number of rotatable bonds is 1. The maximum Gasteiger partial charge on any atom is 0.150 e. The van der Waals surface area contributed by atoms with Gasteiger partial charge in [0.05, 0.1) is 5.69 Å². The number of nitrogens with zero attached hydrogens (tertiary/aromatic N) is 2. The van der Waals surface area contributed by atoms with Crippen LogP contribution >= 0.6 is 27.5 Å². The van der Waals surface area contributed by atoms with Crippen LogP contribution in [0.2, 0.25) is 5.02 Å². The van der Waals surface area contributed by atoms with Crippen LogP contribution in [0.25, 0.3) is 5.69 Å². The first-order valence-corrected chi connectivity index (χ1v) is 7.55. The van der Waals surface area contributed by atoms with Gasteiger partial charge < -0.3 is 0 Å².